The molecule has 2 aliphatic heterocycles. The van der Waals surface area contributed by atoms with Gasteiger partial charge < -0.3 is 44.6 Å². The van der Waals surface area contributed by atoms with Crippen LogP contribution >= 0.6 is 45.6 Å². The summed E-state index contributed by atoms with van der Waals surface area (Å²) < 4.78 is 132. The van der Waals surface area contributed by atoms with Gasteiger partial charge in [0, 0.05) is 52.2 Å². The van der Waals surface area contributed by atoms with Crippen LogP contribution in [0.15, 0.2) is 54.6 Å². The van der Waals surface area contributed by atoms with Crippen LogP contribution in [0.1, 0.15) is 168 Å². The number of phenols is 1. The Morgan fingerprint density at radius 2 is 1.10 bits per heavy atom. The van der Waals surface area contributed by atoms with E-state index in [0.29, 0.717) is 80.0 Å². The third-order valence-corrected chi connectivity index (χ3v) is 18.2. The lowest BCUT2D eigenvalue weighted by Crippen LogP contribution is -2.45. The van der Waals surface area contributed by atoms with Crippen LogP contribution in [0.3, 0.4) is 0 Å². The van der Waals surface area contributed by atoms with Gasteiger partial charge >= 0.3 is 36.6 Å². The summed E-state index contributed by atoms with van der Waals surface area (Å²) in [5.41, 5.74) is 3.16. The number of amides is 3. The summed E-state index contributed by atoms with van der Waals surface area (Å²) in [6.07, 6.45) is -7.28. The van der Waals surface area contributed by atoms with Crippen LogP contribution in [0.2, 0.25) is 0 Å². The number of aromatic hydroxyl groups is 1. The molecule has 0 bridgehead atoms. The van der Waals surface area contributed by atoms with E-state index < -0.39 is 62.4 Å². The highest BCUT2D eigenvalue weighted by atomic mass is 35.5. The molecule has 5 aliphatic rings. The van der Waals surface area contributed by atoms with Gasteiger partial charge in [-0.15, -0.1) is 45.6 Å². The maximum absolute atomic E-state index is 13.3. The summed E-state index contributed by atoms with van der Waals surface area (Å²) in [4.78, 5) is 65.2. The molecule has 0 radical (unpaired) electrons. The Morgan fingerprint density at radius 3 is 1.58 bits per heavy atom. The highest BCUT2D eigenvalue weighted by molar-refractivity contribution is 7.13. The molecule has 5 heterocycles. The minimum absolute atomic E-state index is 0.00580. The summed E-state index contributed by atoms with van der Waals surface area (Å²) in [6.45, 7) is 11.3. The lowest BCUT2D eigenvalue weighted by atomic mass is 10.1. The van der Waals surface area contributed by atoms with Gasteiger partial charge in [-0.05, 0) is 193 Å². The fraction of sp³-hybridized carbons (Fsp3) is 0.532. The maximum Gasteiger partial charge on any atom is 0.425 e. The number of anilines is 2. The number of esters is 1. The molecule has 90 heavy (non-hydrogen) atoms. The van der Waals surface area contributed by atoms with Crippen LogP contribution < -0.4 is 19.9 Å². The molecule has 0 atom stereocenters. The number of hydrogen-bond donors (Lipinski definition) is 4. The van der Waals surface area contributed by atoms with Crippen molar-refractivity contribution >= 4 is 86.8 Å². The third kappa shape index (κ3) is 20.9. The first-order valence-electron chi connectivity index (χ1n) is 29.1. The van der Waals surface area contributed by atoms with Gasteiger partial charge in [-0.25, -0.2) is 4.79 Å². The molecule has 3 saturated carbocycles. The number of phenolic OH excluding ortho intramolecular Hbond substituents is 1. The Bertz CT molecular complexity index is 3270. The number of carbonyl (C=O) groups is 5. The minimum Gasteiger partial charge on any atom is -0.508 e. The van der Waals surface area contributed by atoms with Crippen molar-refractivity contribution in [2.24, 2.45) is 0 Å². The Balaban J connectivity index is 0.000000182. The number of carboxylic acids is 1. The molecule has 28 heteroatoms. The van der Waals surface area contributed by atoms with Crippen LogP contribution in [0.25, 0.3) is 0 Å². The minimum atomic E-state index is -4.34. The number of aliphatic hydroxyl groups is 1. The van der Waals surface area contributed by atoms with Crippen molar-refractivity contribution < 1.29 is 93.0 Å². The summed E-state index contributed by atoms with van der Waals surface area (Å²) in [6, 6.07) is 14.9. The van der Waals surface area contributed by atoms with Crippen LogP contribution in [0.4, 0.5) is 55.7 Å². The smallest absolute Gasteiger partial charge is 0.425 e. The van der Waals surface area contributed by atoms with E-state index in [0.717, 1.165) is 78.0 Å². The van der Waals surface area contributed by atoms with E-state index in [2.05, 4.69) is 5.32 Å². The van der Waals surface area contributed by atoms with E-state index in [1.54, 1.807) is 87.7 Å². The lowest BCUT2D eigenvalue weighted by molar-refractivity contribution is -0.155. The van der Waals surface area contributed by atoms with E-state index in [1.165, 1.54) is 17.0 Å². The number of nitrogens with one attached hydrogen (secondary N) is 1. The average molecular weight is 1350 g/mol. The quantitative estimate of drug-likeness (QED) is 0.0281. The molecule has 3 aromatic heterocycles. The summed E-state index contributed by atoms with van der Waals surface area (Å²) in [5, 5.41) is 29.9. The molecule has 494 valence electrons. The zero-order valence-electron chi connectivity index (χ0n) is 50.3. The number of nitrogens with zero attached hydrogens (tertiary/aromatic N) is 3. The number of aliphatic carboxylic acids is 1. The molecule has 0 unspecified atom stereocenters. The number of alkyl halides is 10. The monoisotopic (exact) mass is 1350 g/mol. The van der Waals surface area contributed by atoms with Crippen molar-refractivity contribution in [3.05, 3.63) is 112 Å². The first kappa shape index (κ1) is 71.3. The van der Waals surface area contributed by atoms with Crippen molar-refractivity contribution in [2.45, 2.75) is 172 Å². The number of aliphatic hydroxyl groups excluding tert-OH is 1. The second kappa shape index (κ2) is 29.7. The molecular weight excluding hydrogens is 1280 g/mol. The standard InChI is InChI=1S/C22H23F3N2O4S.C22H32N2O6.C9H8ClF3S.C9H9F3OS/c23-22(24,25)21-17(13-1-2-13)10-16(32-21)12-31-15-3-4-18-14(9-15)6-8-27(18)19(28)11-26-7-5-20(29)30;1-21(2,3)29-19(27)10-11-23(20(28)30-22(4,5)6)14-18(26)24-12-9-15-13-16(25)7-8-17(15)24;10-4-6-3-7(5-1-2-5)8(14-6)9(11,12)13;10-9(11,12)8-7(5-1-2-5)3-6(4-13)14-8/h3-4,9-10,13,26H,1-2,5-8,11-12H2,(H,29,30);7-8,13,25H,9-12,14H2,1-6H3;3,5H,1-2,4H2;3,5,13H,1-2,4H2. The predicted octanol–water partition coefficient (Wildman–Crippen LogP) is 14.9. The molecule has 5 aromatic rings. The molecule has 0 spiro atoms. The van der Waals surface area contributed by atoms with Crippen molar-refractivity contribution in [3.8, 4) is 11.5 Å². The van der Waals surface area contributed by atoms with E-state index in [1.807, 2.05) is 6.07 Å². The molecule has 15 nitrogen and oxygen atoms in total. The number of halogens is 10. The number of benzene rings is 2. The summed E-state index contributed by atoms with van der Waals surface area (Å²) in [5.74, 6) is -0.732. The largest absolute Gasteiger partial charge is 0.508 e. The zero-order valence-corrected chi connectivity index (χ0v) is 53.5. The van der Waals surface area contributed by atoms with Gasteiger partial charge in [-0.3, -0.25) is 24.1 Å². The normalized spacial score (nSPS) is 15.5. The first-order chi connectivity index (χ1) is 42.0. The number of carbonyl (C=O) groups excluding carboxylic acids is 4. The molecular formula is C62H72ClF9N4O11S3. The van der Waals surface area contributed by atoms with E-state index in [-0.39, 0.29) is 93.4 Å². The Hall–Kier alpha value is -6.13. The van der Waals surface area contributed by atoms with Crippen molar-refractivity contribution in [1.29, 1.82) is 0 Å². The number of ether oxygens (including phenoxy) is 3. The van der Waals surface area contributed by atoms with Gasteiger partial charge in [0.25, 0.3) is 0 Å². The average Bonchev–Trinajstić information content (AvgIpc) is 1.71. The van der Waals surface area contributed by atoms with E-state index in [4.69, 9.17) is 36.0 Å². The fourth-order valence-electron chi connectivity index (χ4n) is 9.79. The SMILES string of the molecule is CC(C)(C)OC(=O)CCN(CC(=O)N1CCc2cc(O)ccc21)C(=O)OC(C)(C)C.FC(F)(F)c1sc(CCl)cc1C1CC1.O=C(O)CCNCC(=O)N1CCc2cc(OCc3cc(C4CC4)c(C(F)(F)F)s3)ccc21.OCc1cc(C2CC2)c(C(F)(F)F)s1. The Labute approximate surface area is 532 Å². The number of carboxylic acid groups (broad SMARTS) is 1. The number of hydrogen-bond acceptors (Lipinski definition) is 14. The summed E-state index contributed by atoms with van der Waals surface area (Å²) in [7, 11) is 0. The van der Waals surface area contributed by atoms with Crippen LogP contribution in [0, 0.1) is 0 Å². The second-order valence-corrected chi connectivity index (χ2v) is 27.8. The first-order valence-corrected chi connectivity index (χ1v) is 32.1. The van der Waals surface area contributed by atoms with Gasteiger partial charge in [-0.1, -0.05) is 0 Å². The zero-order chi connectivity index (χ0) is 66.3. The molecule has 3 aliphatic carbocycles. The Kier molecular flexibility index (Phi) is 23.5. The lowest BCUT2D eigenvalue weighted by Gasteiger charge is -2.29. The van der Waals surface area contributed by atoms with Crippen LogP contribution in [-0.4, -0.2) is 101 Å². The maximum atomic E-state index is 13.3. The topological polar surface area (TPSA) is 195 Å². The Morgan fingerprint density at radius 1 is 0.633 bits per heavy atom. The highest BCUT2D eigenvalue weighted by Gasteiger charge is 2.43. The van der Waals surface area contributed by atoms with Crippen LogP contribution in [0.5, 0.6) is 11.5 Å². The molecule has 2 aromatic carbocycles. The van der Waals surface area contributed by atoms with Crippen LogP contribution in [-0.2, 0) is 79.1 Å². The van der Waals surface area contributed by atoms with Crippen molar-refractivity contribution in [1.82, 2.24) is 10.2 Å². The highest BCUT2D eigenvalue weighted by Crippen LogP contribution is 2.52. The number of fused-ring (bicyclic) bond motifs is 2. The van der Waals surface area contributed by atoms with E-state index >= 15 is 0 Å². The second-order valence-electron chi connectivity index (χ2n) is 24.1. The molecule has 0 saturated heterocycles. The van der Waals surface area contributed by atoms with Crippen molar-refractivity contribution in [2.75, 3.05) is 49.1 Å². The van der Waals surface area contributed by atoms with Gasteiger partial charge in [0.1, 0.15) is 50.5 Å². The molecule has 3 fully saturated rings. The molecule has 3 amide bonds. The third-order valence-electron chi connectivity index (χ3n) is 14.2. The van der Waals surface area contributed by atoms with Gasteiger partial charge in [-0.2, -0.15) is 39.5 Å². The number of thiophene rings is 3. The predicted molar refractivity (Wildman–Crippen MR) is 324 cm³/mol. The van der Waals surface area contributed by atoms with E-state index in [9.17, 15) is 68.6 Å². The van der Waals surface area contributed by atoms with Gasteiger partial charge in [0.05, 0.1) is 31.9 Å². The van der Waals surface area contributed by atoms with Crippen molar-refractivity contribution in [3.63, 3.8) is 0 Å². The van der Waals surface area contributed by atoms with Gasteiger partial charge in [0.15, 0.2) is 0 Å². The fourth-order valence-corrected chi connectivity index (χ4v) is 13.0. The van der Waals surface area contributed by atoms with Gasteiger partial charge in [0.2, 0.25) is 11.8 Å². The number of rotatable bonds is 18. The summed E-state index contributed by atoms with van der Waals surface area (Å²) >= 11 is 7.72. The molecule has 10 rings (SSSR count). The molecule has 4 N–H and O–H groups in total.